The van der Waals surface area contributed by atoms with Crippen molar-refractivity contribution in [3.8, 4) is 0 Å². The zero-order valence-corrected chi connectivity index (χ0v) is 7.68. The first-order chi connectivity index (χ1) is 3.42. The van der Waals surface area contributed by atoms with Gasteiger partial charge in [-0.1, -0.05) is 0 Å². The van der Waals surface area contributed by atoms with E-state index in [-0.39, 0.29) is 31.0 Å². The third-order valence-corrected chi connectivity index (χ3v) is 0.609. The molecule has 9 heavy (non-hydrogen) atoms. The fraction of sp³-hybridized carbons (Fsp3) is 0.500. The Bertz CT molecular complexity index is 102. The summed E-state index contributed by atoms with van der Waals surface area (Å²) in [6.45, 7) is 0.822. The van der Waals surface area contributed by atoms with Gasteiger partial charge in [0.05, 0.1) is 6.92 Å². The normalized spacial score (nSPS) is 9.78. The zero-order valence-electron chi connectivity index (χ0n) is 5.92. The molecule has 0 aromatic rings. The van der Waals surface area contributed by atoms with Crippen LogP contribution in [0.3, 0.4) is 0 Å². The molecule has 0 bridgehead atoms. The second-order valence-corrected chi connectivity index (χ2v) is 1.86. The summed E-state index contributed by atoms with van der Waals surface area (Å²) in [6, 6.07) is 0. The molecule has 0 amide bonds. The summed E-state index contributed by atoms with van der Waals surface area (Å²) in [4.78, 5) is 9.65. The predicted molar refractivity (Wildman–Crippen MR) is 12.9 cm³/mol. The van der Waals surface area contributed by atoms with Crippen LogP contribution in [-0.2, 0) is 9.08 Å². The van der Waals surface area contributed by atoms with E-state index in [1.807, 2.05) is 0 Å². The Morgan fingerprint density at radius 3 is 1.89 bits per heavy atom. The van der Waals surface area contributed by atoms with Gasteiger partial charge in [-0.3, -0.25) is 0 Å². The molecule has 0 rings (SSSR count). The molecule has 7 heteroatoms. The molecule has 0 aliphatic carbocycles. The molecule has 0 saturated heterocycles. The van der Waals surface area contributed by atoms with Gasteiger partial charge in [0.1, 0.15) is 10.2 Å². The fourth-order valence-electron chi connectivity index (χ4n) is 0.133. The van der Waals surface area contributed by atoms with Crippen molar-refractivity contribution < 1.29 is 64.3 Å². The maximum Gasteiger partial charge on any atom is 1.00 e. The number of hydrogen-bond donors (Lipinski definition) is 0. The predicted octanol–water partition coefficient (Wildman–Crippen LogP) is -6.44. The van der Waals surface area contributed by atoms with Crippen molar-refractivity contribution in [3.05, 3.63) is 0 Å². The quantitative estimate of drug-likeness (QED) is 0.361. The molecule has 0 radical (unpaired) electrons. The molecule has 0 unspecified atom stereocenters. The standard InChI is InChI=1S/C2H3ClO5.Na.H/c1-2(4)8-3(5,6)7;;/h1H3;;/q;+1;-1. The van der Waals surface area contributed by atoms with Crippen molar-refractivity contribution in [2.24, 2.45) is 0 Å². The summed E-state index contributed by atoms with van der Waals surface area (Å²) in [7, 11) is -4.57. The summed E-state index contributed by atoms with van der Waals surface area (Å²) < 4.78 is 31.4. The van der Waals surface area contributed by atoms with Crippen molar-refractivity contribution in [2.75, 3.05) is 0 Å². The van der Waals surface area contributed by atoms with Crippen LogP contribution >= 0.6 is 0 Å². The van der Waals surface area contributed by atoms with Gasteiger partial charge in [0, 0.05) is 0 Å². The molecule has 0 atom stereocenters. The van der Waals surface area contributed by atoms with Gasteiger partial charge in [0.2, 0.25) is 0 Å². The molecule has 0 aromatic carbocycles. The van der Waals surface area contributed by atoms with Crippen molar-refractivity contribution in [1.82, 2.24) is 0 Å². The molecule has 50 valence electrons. The Morgan fingerprint density at radius 1 is 1.56 bits per heavy atom. The summed E-state index contributed by atoms with van der Waals surface area (Å²) in [5.74, 6) is -1.14. The van der Waals surface area contributed by atoms with Crippen LogP contribution < -0.4 is 43.5 Å². The van der Waals surface area contributed by atoms with Gasteiger partial charge < -0.3 is 1.43 Å². The molecule has 0 fully saturated rings. The van der Waals surface area contributed by atoms with Gasteiger partial charge in [-0.15, -0.1) is 0 Å². The smallest absolute Gasteiger partial charge is 1.00 e. The first-order valence-corrected chi connectivity index (χ1v) is 2.76. The Balaban J connectivity index is -0.000000245. The number of rotatable bonds is 1. The van der Waals surface area contributed by atoms with Crippen LogP contribution in [0.25, 0.3) is 0 Å². The van der Waals surface area contributed by atoms with Crippen molar-refractivity contribution in [2.45, 2.75) is 6.92 Å². The minimum atomic E-state index is -4.57. The molecular formula is C2H4ClNaO5. The van der Waals surface area contributed by atoms with Crippen molar-refractivity contribution in [1.29, 1.82) is 0 Å². The molecule has 0 aliphatic rings. The maximum atomic E-state index is 9.65. The molecule has 0 heterocycles. The van der Waals surface area contributed by atoms with Crippen LogP contribution in [0.1, 0.15) is 8.35 Å². The minimum Gasteiger partial charge on any atom is -1.00 e. The second kappa shape index (κ2) is 4.45. The first kappa shape index (κ1) is 12.3. The van der Waals surface area contributed by atoms with Gasteiger partial charge in [0.25, 0.3) is 0 Å². The summed E-state index contributed by atoms with van der Waals surface area (Å²) in [5.41, 5.74) is 0. The van der Waals surface area contributed by atoms with E-state index >= 15 is 0 Å². The van der Waals surface area contributed by atoms with Crippen LogP contribution in [0.4, 0.5) is 0 Å². The Hall–Kier alpha value is 0.640. The molecule has 0 aromatic heterocycles. The average Bonchev–Trinajstić information content (AvgIpc) is 1.21. The van der Waals surface area contributed by atoms with Crippen LogP contribution in [0, 0.1) is 10.2 Å². The van der Waals surface area contributed by atoms with Gasteiger partial charge in [0.15, 0.2) is 0 Å². The van der Waals surface area contributed by atoms with E-state index < -0.39 is 16.2 Å². The molecule has 0 spiro atoms. The Morgan fingerprint density at radius 2 is 1.89 bits per heavy atom. The van der Waals surface area contributed by atoms with E-state index in [0.717, 1.165) is 6.92 Å². The number of carbonyl (C=O) groups excluding carboxylic acids is 1. The number of hydrogen-bond acceptors (Lipinski definition) is 5. The van der Waals surface area contributed by atoms with E-state index in [0.29, 0.717) is 0 Å². The number of carbonyl (C=O) groups is 1. The minimum absolute atomic E-state index is 0. The van der Waals surface area contributed by atoms with E-state index in [2.05, 4.69) is 4.29 Å². The van der Waals surface area contributed by atoms with Gasteiger partial charge in [-0.2, -0.15) is 14.0 Å². The van der Waals surface area contributed by atoms with E-state index in [9.17, 15) is 18.8 Å². The summed E-state index contributed by atoms with van der Waals surface area (Å²) in [5, 5.41) is 0. The first-order valence-electron chi connectivity index (χ1n) is 1.53. The molecule has 5 nitrogen and oxygen atoms in total. The van der Waals surface area contributed by atoms with E-state index in [1.54, 1.807) is 0 Å². The third-order valence-electron chi connectivity index (χ3n) is 0.203. The fourth-order valence-corrected chi connectivity index (χ4v) is 0.399. The monoisotopic (exact) mass is 166 g/mol. The summed E-state index contributed by atoms with van der Waals surface area (Å²) in [6.07, 6.45) is 0. The van der Waals surface area contributed by atoms with Crippen LogP contribution in [0.2, 0.25) is 0 Å². The topological polar surface area (TPSA) is 95.5 Å². The van der Waals surface area contributed by atoms with Crippen LogP contribution in [-0.4, -0.2) is 5.97 Å². The Kier molecular flexibility index (Phi) is 6.10. The summed E-state index contributed by atoms with van der Waals surface area (Å²) >= 11 is 0. The van der Waals surface area contributed by atoms with E-state index in [1.165, 1.54) is 0 Å². The van der Waals surface area contributed by atoms with E-state index in [4.69, 9.17) is 0 Å². The largest absolute Gasteiger partial charge is 1.00 e. The van der Waals surface area contributed by atoms with Gasteiger partial charge >= 0.3 is 35.5 Å². The molecular weight excluding hydrogens is 162 g/mol. The van der Waals surface area contributed by atoms with Gasteiger partial charge in [-0.05, 0) is 4.29 Å². The third kappa shape index (κ3) is 12.0. The second-order valence-electron chi connectivity index (χ2n) is 0.947. The van der Waals surface area contributed by atoms with Crippen molar-refractivity contribution >= 4 is 5.97 Å². The average molecular weight is 166 g/mol. The molecule has 0 aliphatic heterocycles. The van der Waals surface area contributed by atoms with Crippen LogP contribution in [0.15, 0.2) is 0 Å². The Labute approximate surface area is 77.1 Å². The number of halogens is 1. The molecule has 0 N–H and O–H groups in total. The molecule has 0 saturated carbocycles. The van der Waals surface area contributed by atoms with Crippen LogP contribution in [0.5, 0.6) is 0 Å². The zero-order chi connectivity index (χ0) is 6.78. The SMILES string of the molecule is CC(=O)O[Cl+3]([O-])([O-])[O-].[H-].[Na+]. The maximum absolute atomic E-state index is 9.65. The van der Waals surface area contributed by atoms with Gasteiger partial charge in [-0.25, -0.2) is 4.79 Å². The van der Waals surface area contributed by atoms with Crippen molar-refractivity contribution in [3.63, 3.8) is 0 Å².